The highest BCUT2D eigenvalue weighted by Crippen LogP contribution is 2.41. The number of rotatable bonds is 5. The highest BCUT2D eigenvalue weighted by atomic mass is 35.5. The number of alkyl halides is 3. The Balaban J connectivity index is 2.05. The van der Waals surface area contributed by atoms with Crippen LogP contribution in [0.1, 0.15) is 5.76 Å². The molecule has 4 rings (SSSR count). The highest BCUT2D eigenvalue weighted by molar-refractivity contribution is 6.31. The number of aliphatic imine (C=N–C) groups is 1. The second-order valence-electron chi connectivity index (χ2n) is 7.17. The van der Waals surface area contributed by atoms with Gasteiger partial charge in [-0.1, -0.05) is 35.0 Å². The molecule has 0 unspecified atom stereocenters. The van der Waals surface area contributed by atoms with Crippen molar-refractivity contribution in [1.29, 1.82) is 0 Å². The fourth-order valence-corrected chi connectivity index (χ4v) is 3.76. The van der Waals surface area contributed by atoms with Crippen molar-refractivity contribution in [1.82, 2.24) is 5.16 Å². The van der Waals surface area contributed by atoms with E-state index in [-0.39, 0.29) is 38.4 Å². The average Bonchev–Trinajstić information content (AvgIpc) is 3.22. The number of benzene rings is 3. The van der Waals surface area contributed by atoms with Gasteiger partial charge in [-0.3, -0.25) is 9.90 Å². The smallest absolute Gasteiger partial charge is 0.404 e. The summed E-state index contributed by atoms with van der Waals surface area (Å²) in [6, 6.07) is 11.5. The van der Waals surface area contributed by atoms with Gasteiger partial charge in [0.2, 0.25) is 0 Å². The fourth-order valence-electron chi connectivity index (χ4n) is 3.57. The Morgan fingerprint density at radius 2 is 1.91 bits per heavy atom. The first-order chi connectivity index (χ1) is 16.2. The van der Waals surface area contributed by atoms with Gasteiger partial charge in [0.1, 0.15) is 11.3 Å². The second kappa shape index (κ2) is 8.96. The normalized spacial score (nSPS) is 13.1. The van der Waals surface area contributed by atoms with Gasteiger partial charge in [0.15, 0.2) is 11.5 Å². The molecule has 1 heterocycles. The number of nitrogens with two attached hydrogens (primary N) is 1. The molecular weight excluding hydrogens is 476 g/mol. The number of hydroxylamine groups is 1. The quantitative estimate of drug-likeness (QED) is 0.198. The number of hydrogen-bond donors (Lipinski definition) is 1. The molecule has 6 nitrogen and oxygen atoms in total. The summed E-state index contributed by atoms with van der Waals surface area (Å²) in [5, 5.41) is 6.01. The van der Waals surface area contributed by atoms with Crippen molar-refractivity contribution in [2.75, 3.05) is 19.2 Å². The lowest BCUT2D eigenvalue weighted by atomic mass is 9.99. The Morgan fingerprint density at radius 3 is 2.56 bits per heavy atom. The summed E-state index contributed by atoms with van der Waals surface area (Å²) in [5.41, 5.74) is 3.98. The SMILES string of the molecule is CON(C)c1cc2cccc(F)c2c2noc(C(=CN)C(=Nc3cccc(Cl)c3)C(F)(F)F)c12. The lowest BCUT2D eigenvalue weighted by Gasteiger charge is -2.19. The first-order valence-corrected chi connectivity index (χ1v) is 10.2. The molecular formula is C23H17ClF4N4O2. The van der Waals surface area contributed by atoms with Crippen LogP contribution in [0.4, 0.5) is 28.9 Å². The van der Waals surface area contributed by atoms with Crippen molar-refractivity contribution in [2.45, 2.75) is 6.18 Å². The minimum Gasteiger partial charge on any atom is -0.404 e. The Kier molecular flexibility index (Phi) is 6.20. The van der Waals surface area contributed by atoms with Crippen molar-refractivity contribution >= 4 is 55.9 Å². The molecule has 0 amide bonds. The molecule has 3 aromatic carbocycles. The third-order valence-corrected chi connectivity index (χ3v) is 5.36. The maximum absolute atomic E-state index is 14.7. The van der Waals surface area contributed by atoms with Crippen molar-refractivity contribution in [3.63, 3.8) is 0 Å². The van der Waals surface area contributed by atoms with Crippen LogP contribution >= 0.6 is 11.6 Å². The van der Waals surface area contributed by atoms with E-state index in [4.69, 9.17) is 26.7 Å². The van der Waals surface area contributed by atoms with Crippen LogP contribution in [0.25, 0.3) is 27.2 Å². The lowest BCUT2D eigenvalue weighted by Crippen LogP contribution is -2.25. The van der Waals surface area contributed by atoms with Gasteiger partial charge in [-0.25, -0.2) is 9.38 Å². The number of allylic oxidation sites excluding steroid dienone is 1. The van der Waals surface area contributed by atoms with Crippen LogP contribution in [-0.4, -0.2) is 31.2 Å². The van der Waals surface area contributed by atoms with E-state index in [1.54, 1.807) is 12.1 Å². The highest BCUT2D eigenvalue weighted by Gasteiger charge is 2.41. The molecule has 176 valence electrons. The van der Waals surface area contributed by atoms with Gasteiger partial charge >= 0.3 is 6.18 Å². The Bertz CT molecular complexity index is 1450. The van der Waals surface area contributed by atoms with Gasteiger partial charge in [-0.15, -0.1) is 0 Å². The summed E-state index contributed by atoms with van der Waals surface area (Å²) >= 11 is 5.90. The van der Waals surface area contributed by atoms with Gasteiger partial charge in [0, 0.05) is 23.7 Å². The summed E-state index contributed by atoms with van der Waals surface area (Å²) in [6.45, 7) is 0. The fraction of sp³-hybridized carbons (Fsp3) is 0.130. The van der Waals surface area contributed by atoms with Crippen molar-refractivity contribution < 1.29 is 26.9 Å². The molecule has 4 aromatic rings. The number of halogens is 5. The van der Waals surface area contributed by atoms with E-state index >= 15 is 0 Å². The molecule has 0 saturated heterocycles. The molecule has 0 bridgehead atoms. The molecule has 0 aliphatic heterocycles. The van der Waals surface area contributed by atoms with E-state index in [2.05, 4.69) is 10.1 Å². The van der Waals surface area contributed by atoms with E-state index in [1.165, 1.54) is 55.6 Å². The number of nitrogens with zero attached hydrogens (tertiary/aromatic N) is 3. The van der Waals surface area contributed by atoms with Crippen LogP contribution < -0.4 is 10.8 Å². The van der Waals surface area contributed by atoms with Gasteiger partial charge in [0.25, 0.3) is 0 Å². The first kappa shape index (κ1) is 23.5. The molecule has 2 N–H and O–H groups in total. The van der Waals surface area contributed by atoms with Crippen molar-refractivity contribution in [3.05, 3.63) is 71.3 Å². The van der Waals surface area contributed by atoms with Crippen molar-refractivity contribution in [2.24, 2.45) is 10.7 Å². The minimum absolute atomic E-state index is 0.00753. The number of hydrogen-bond acceptors (Lipinski definition) is 6. The maximum Gasteiger partial charge on any atom is 0.434 e. The Morgan fingerprint density at radius 1 is 1.18 bits per heavy atom. The zero-order valence-electron chi connectivity index (χ0n) is 17.8. The molecule has 0 aliphatic carbocycles. The van der Waals surface area contributed by atoms with E-state index in [1.807, 2.05) is 0 Å². The molecule has 0 saturated carbocycles. The van der Waals surface area contributed by atoms with E-state index < -0.39 is 23.3 Å². The summed E-state index contributed by atoms with van der Waals surface area (Å²) in [5.74, 6) is -0.962. The molecule has 0 radical (unpaired) electrons. The number of aromatic nitrogens is 1. The van der Waals surface area contributed by atoms with E-state index in [0.29, 0.717) is 5.39 Å². The maximum atomic E-state index is 14.7. The number of fused-ring (bicyclic) bond motifs is 3. The monoisotopic (exact) mass is 492 g/mol. The summed E-state index contributed by atoms with van der Waals surface area (Å²) in [4.78, 5) is 9.00. The van der Waals surface area contributed by atoms with Crippen LogP contribution in [-0.2, 0) is 4.84 Å². The van der Waals surface area contributed by atoms with Gasteiger partial charge < -0.3 is 10.3 Å². The molecule has 34 heavy (non-hydrogen) atoms. The predicted molar refractivity (Wildman–Crippen MR) is 124 cm³/mol. The molecule has 11 heteroatoms. The van der Waals surface area contributed by atoms with Gasteiger partial charge in [-0.2, -0.15) is 13.2 Å². The predicted octanol–water partition coefficient (Wildman–Crippen LogP) is 6.41. The Labute approximate surface area is 195 Å². The summed E-state index contributed by atoms with van der Waals surface area (Å²) < 4.78 is 62.5. The van der Waals surface area contributed by atoms with E-state index in [9.17, 15) is 17.6 Å². The van der Waals surface area contributed by atoms with Gasteiger partial charge in [-0.05, 0) is 35.7 Å². The average molecular weight is 493 g/mol. The molecule has 0 aliphatic rings. The van der Waals surface area contributed by atoms with Crippen LogP contribution in [0.3, 0.4) is 0 Å². The molecule has 0 atom stereocenters. The zero-order chi connectivity index (χ0) is 24.6. The third kappa shape index (κ3) is 4.17. The second-order valence-corrected chi connectivity index (χ2v) is 7.60. The molecule has 0 spiro atoms. The molecule has 1 aromatic heterocycles. The van der Waals surface area contributed by atoms with Gasteiger partial charge in [0.05, 0.1) is 29.4 Å². The van der Waals surface area contributed by atoms with Crippen LogP contribution in [0.2, 0.25) is 5.02 Å². The largest absolute Gasteiger partial charge is 0.434 e. The zero-order valence-corrected chi connectivity index (χ0v) is 18.6. The van der Waals surface area contributed by atoms with Crippen molar-refractivity contribution in [3.8, 4) is 0 Å². The molecule has 0 fully saturated rings. The van der Waals surface area contributed by atoms with Crippen LogP contribution in [0.5, 0.6) is 0 Å². The first-order valence-electron chi connectivity index (χ1n) is 9.78. The Hall–Kier alpha value is -3.63. The van der Waals surface area contributed by atoms with Crippen LogP contribution in [0.15, 0.2) is 64.2 Å². The topological polar surface area (TPSA) is 76.9 Å². The summed E-state index contributed by atoms with van der Waals surface area (Å²) in [7, 11) is 2.91. The standard InChI is InChI=1S/C23H17ClF4N4O2/c1-32(33-2)17-9-12-5-3-8-16(25)18(12)20-19(17)21(34-31-20)15(11-29)22(23(26,27)28)30-14-7-4-6-13(24)10-14/h3-11H,29H2,1-2H3. The van der Waals surface area contributed by atoms with E-state index in [0.717, 1.165) is 6.20 Å². The lowest BCUT2D eigenvalue weighted by molar-refractivity contribution is -0.0571. The minimum atomic E-state index is -4.93. The summed E-state index contributed by atoms with van der Waals surface area (Å²) in [6.07, 6.45) is -4.21. The number of anilines is 1. The third-order valence-electron chi connectivity index (χ3n) is 5.12. The van der Waals surface area contributed by atoms with Crippen LogP contribution in [0, 0.1) is 5.82 Å².